The average molecular weight is 287 g/mol. The zero-order valence-corrected chi connectivity index (χ0v) is 12.5. The summed E-state index contributed by atoms with van der Waals surface area (Å²) in [7, 11) is 0. The summed E-state index contributed by atoms with van der Waals surface area (Å²) in [6, 6.07) is 21.1. The molecule has 0 radical (unpaired) electrons. The molecule has 2 nitrogen and oxygen atoms in total. The lowest BCUT2D eigenvalue weighted by Crippen LogP contribution is -1.92. The van der Waals surface area contributed by atoms with Crippen LogP contribution in [0, 0.1) is 0 Å². The minimum atomic E-state index is 0.666. The van der Waals surface area contributed by atoms with Gasteiger partial charge in [-0.25, -0.2) is 0 Å². The Morgan fingerprint density at radius 3 is 2.59 bits per heavy atom. The van der Waals surface area contributed by atoms with E-state index in [1.807, 2.05) is 19.1 Å². The second-order valence-corrected chi connectivity index (χ2v) is 5.34. The van der Waals surface area contributed by atoms with Gasteiger partial charge in [-0.1, -0.05) is 48.5 Å². The van der Waals surface area contributed by atoms with E-state index in [2.05, 4.69) is 59.7 Å². The smallest absolute Gasteiger partial charge is 0.129 e. The van der Waals surface area contributed by atoms with Crippen LogP contribution in [-0.2, 0) is 0 Å². The maximum absolute atomic E-state index is 5.83. The monoisotopic (exact) mass is 287 g/mol. The molecule has 0 aliphatic carbocycles. The summed E-state index contributed by atoms with van der Waals surface area (Å²) in [5.74, 6) is 0.934. The molecule has 2 heteroatoms. The second kappa shape index (κ2) is 5.23. The van der Waals surface area contributed by atoms with Crippen LogP contribution >= 0.6 is 0 Å². The van der Waals surface area contributed by atoms with E-state index in [1.165, 1.54) is 21.9 Å². The fraction of sp³-hybridized carbons (Fsp3) is 0.100. The molecule has 4 rings (SSSR count). The highest BCUT2D eigenvalue weighted by Crippen LogP contribution is 2.38. The largest absolute Gasteiger partial charge is 0.493 e. The minimum Gasteiger partial charge on any atom is -0.493 e. The SMILES string of the molecule is CCOc1cccc2[nH]cc(-c3cccc4ccccc34)c12. The summed E-state index contributed by atoms with van der Waals surface area (Å²) in [4.78, 5) is 3.37. The zero-order chi connectivity index (χ0) is 14.9. The van der Waals surface area contributed by atoms with Crippen LogP contribution in [-0.4, -0.2) is 11.6 Å². The molecule has 0 spiro atoms. The molecule has 22 heavy (non-hydrogen) atoms. The molecular formula is C20H17NO. The van der Waals surface area contributed by atoms with Crippen LogP contribution in [0.1, 0.15) is 6.92 Å². The van der Waals surface area contributed by atoms with E-state index in [0.717, 1.165) is 16.7 Å². The van der Waals surface area contributed by atoms with E-state index in [9.17, 15) is 0 Å². The van der Waals surface area contributed by atoms with Crippen molar-refractivity contribution in [1.82, 2.24) is 4.98 Å². The molecule has 1 N–H and O–H groups in total. The minimum absolute atomic E-state index is 0.666. The molecule has 0 saturated carbocycles. The molecule has 0 unspecified atom stereocenters. The first-order valence-electron chi connectivity index (χ1n) is 7.59. The lowest BCUT2D eigenvalue weighted by Gasteiger charge is -2.09. The molecule has 1 heterocycles. The van der Waals surface area contributed by atoms with E-state index in [4.69, 9.17) is 4.74 Å². The van der Waals surface area contributed by atoms with Crippen LogP contribution in [0.5, 0.6) is 5.75 Å². The summed E-state index contributed by atoms with van der Waals surface area (Å²) in [5.41, 5.74) is 3.53. The van der Waals surface area contributed by atoms with Crippen molar-refractivity contribution >= 4 is 21.7 Å². The van der Waals surface area contributed by atoms with Crippen LogP contribution < -0.4 is 4.74 Å². The highest BCUT2D eigenvalue weighted by molar-refractivity contribution is 6.07. The molecule has 0 atom stereocenters. The Labute approximate surface area is 129 Å². The van der Waals surface area contributed by atoms with Gasteiger partial charge in [0.05, 0.1) is 6.61 Å². The first kappa shape index (κ1) is 13.0. The number of nitrogens with one attached hydrogen (secondary N) is 1. The quantitative estimate of drug-likeness (QED) is 0.537. The Bertz CT molecular complexity index is 947. The summed E-state index contributed by atoms with van der Waals surface area (Å²) in [6.45, 7) is 2.68. The molecule has 3 aromatic carbocycles. The van der Waals surface area contributed by atoms with Gasteiger partial charge in [-0.05, 0) is 35.4 Å². The van der Waals surface area contributed by atoms with Gasteiger partial charge < -0.3 is 9.72 Å². The zero-order valence-electron chi connectivity index (χ0n) is 12.5. The third kappa shape index (κ3) is 1.96. The van der Waals surface area contributed by atoms with Gasteiger partial charge in [0.1, 0.15) is 5.75 Å². The van der Waals surface area contributed by atoms with Crippen LogP contribution in [0.4, 0.5) is 0 Å². The Hall–Kier alpha value is -2.74. The van der Waals surface area contributed by atoms with Gasteiger partial charge in [-0.15, -0.1) is 0 Å². The summed E-state index contributed by atoms with van der Waals surface area (Å²) in [6.07, 6.45) is 2.08. The van der Waals surface area contributed by atoms with Crippen molar-refractivity contribution in [3.05, 3.63) is 66.9 Å². The molecule has 4 aromatic rings. The van der Waals surface area contributed by atoms with Crippen molar-refractivity contribution in [2.75, 3.05) is 6.61 Å². The van der Waals surface area contributed by atoms with E-state index in [1.54, 1.807) is 0 Å². The first-order chi connectivity index (χ1) is 10.9. The van der Waals surface area contributed by atoms with Crippen LogP contribution in [0.3, 0.4) is 0 Å². The molecule has 1 aromatic heterocycles. The Kier molecular flexibility index (Phi) is 3.08. The molecule has 108 valence electrons. The average Bonchev–Trinajstić information content (AvgIpc) is 2.99. The Balaban J connectivity index is 2.05. The van der Waals surface area contributed by atoms with Crippen LogP contribution in [0.15, 0.2) is 66.9 Å². The fourth-order valence-electron chi connectivity index (χ4n) is 3.10. The van der Waals surface area contributed by atoms with Crippen molar-refractivity contribution in [3.63, 3.8) is 0 Å². The maximum Gasteiger partial charge on any atom is 0.129 e. The van der Waals surface area contributed by atoms with Crippen molar-refractivity contribution in [3.8, 4) is 16.9 Å². The fourth-order valence-corrected chi connectivity index (χ4v) is 3.10. The normalized spacial score (nSPS) is 11.1. The van der Waals surface area contributed by atoms with Crippen LogP contribution in [0.2, 0.25) is 0 Å². The van der Waals surface area contributed by atoms with Gasteiger partial charge in [0.25, 0.3) is 0 Å². The number of aromatic nitrogens is 1. The summed E-state index contributed by atoms with van der Waals surface area (Å²) < 4.78 is 5.83. The number of H-pyrrole nitrogens is 1. The highest BCUT2D eigenvalue weighted by atomic mass is 16.5. The van der Waals surface area contributed by atoms with E-state index < -0.39 is 0 Å². The number of hydrogen-bond donors (Lipinski definition) is 1. The second-order valence-electron chi connectivity index (χ2n) is 5.34. The lowest BCUT2D eigenvalue weighted by atomic mass is 9.97. The highest BCUT2D eigenvalue weighted by Gasteiger charge is 2.13. The number of hydrogen-bond acceptors (Lipinski definition) is 1. The van der Waals surface area contributed by atoms with Crippen molar-refractivity contribution in [2.45, 2.75) is 6.92 Å². The third-order valence-corrected chi connectivity index (χ3v) is 4.05. The van der Waals surface area contributed by atoms with E-state index in [0.29, 0.717) is 6.61 Å². The number of rotatable bonds is 3. The van der Waals surface area contributed by atoms with Gasteiger partial charge in [0.15, 0.2) is 0 Å². The third-order valence-electron chi connectivity index (χ3n) is 4.05. The summed E-state index contributed by atoms with van der Waals surface area (Å²) in [5, 5.41) is 3.67. The van der Waals surface area contributed by atoms with E-state index in [-0.39, 0.29) is 0 Å². The predicted molar refractivity (Wildman–Crippen MR) is 92.4 cm³/mol. The molecule has 0 aliphatic rings. The van der Waals surface area contributed by atoms with Crippen molar-refractivity contribution in [1.29, 1.82) is 0 Å². The molecule has 0 saturated heterocycles. The maximum atomic E-state index is 5.83. The number of fused-ring (bicyclic) bond motifs is 2. The molecule has 0 amide bonds. The number of aromatic amines is 1. The summed E-state index contributed by atoms with van der Waals surface area (Å²) >= 11 is 0. The standard InChI is InChI=1S/C20H17NO/c1-2-22-19-12-6-11-18-20(19)17(13-21-18)16-10-5-8-14-7-3-4-9-15(14)16/h3-13,21H,2H2,1H3. The van der Waals surface area contributed by atoms with Gasteiger partial charge >= 0.3 is 0 Å². The topological polar surface area (TPSA) is 25.0 Å². The van der Waals surface area contributed by atoms with E-state index >= 15 is 0 Å². The van der Waals surface area contributed by atoms with Gasteiger partial charge in [-0.2, -0.15) is 0 Å². The lowest BCUT2D eigenvalue weighted by molar-refractivity contribution is 0.344. The molecule has 0 aliphatic heterocycles. The van der Waals surface area contributed by atoms with Crippen molar-refractivity contribution in [2.24, 2.45) is 0 Å². The first-order valence-corrected chi connectivity index (χ1v) is 7.59. The molecule has 0 fully saturated rings. The Morgan fingerprint density at radius 2 is 1.68 bits per heavy atom. The predicted octanol–water partition coefficient (Wildman–Crippen LogP) is 5.39. The van der Waals surface area contributed by atoms with Gasteiger partial charge in [0, 0.05) is 22.7 Å². The number of ether oxygens (including phenoxy) is 1. The van der Waals surface area contributed by atoms with Crippen molar-refractivity contribution < 1.29 is 4.74 Å². The van der Waals surface area contributed by atoms with Gasteiger partial charge in [0.2, 0.25) is 0 Å². The molecular weight excluding hydrogens is 270 g/mol. The number of benzene rings is 3. The van der Waals surface area contributed by atoms with Gasteiger partial charge in [-0.3, -0.25) is 0 Å². The van der Waals surface area contributed by atoms with Crippen LogP contribution in [0.25, 0.3) is 32.8 Å². The Morgan fingerprint density at radius 1 is 0.864 bits per heavy atom. The molecule has 0 bridgehead atoms.